The van der Waals surface area contributed by atoms with E-state index < -0.39 is 5.97 Å². The van der Waals surface area contributed by atoms with Crippen LogP contribution in [0, 0.1) is 12.3 Å². The predicted octanol–water partition coefficient (Wildman–Crippen LogP) is 4.31. The molecule has 0 atom stereocenters. The van der Waals surface area contributed by atoms with Gasteiger partial charge < -0.3 is 10.0 Å². The first kappa shape index (κ1) is 17.5. The highest BCUT2D eigenvalue weighted by Gasteiger charge is 2.29. The molecule has 1 N–H and O–H groups in total. The van der Waals surface area contributed by atoms with Gasteiger partial charge in [-0.3, -0.25) is 9.78 Å². The van der Waals surface area contributed by atoms with E-state index in [4.69, 9.17) is 0 Å². The average molecular weight is 338 g/mol. The lowest BCUT2D eigenvalue weighted by Crippen LogP contribution is -2.38. The number of anilines is 1. The fourth-order valence-electron chi connectivity index (χ4n) is 3.52. The standard InChI is InChI=1S/C21H26N2O2/c1-15-17(13-19(24)25)20(23-11-9-21(2,3)10-12-23)18(14-22-15)16-7-5-4-6-8-16/h4-8,14H,9-13H2,1-3H3,(H,24,25). The van der Waals surface area contributed by atoms with Crippen molar-refractivity contribution in [2.75, 3.05) is 18.0 Å². The van der Waals surface area contributed by atoms with Crippen molar-refractivity contribution >= 4 is 11.7 Å². The summed E-state index contributed by atoms with van der Waals surface area (Å²) in [6, 6.07) is 10.1. The summed E-state index contributed by atoms with van der Waals surface area (Å²) in [4.78, 5) is 18.3. The van der Waals surface area contributed by atoms with Gasteiger partial charge in [0.2, 0.25) is 0 Å². The van der Waals surface area contributed by atoms with Gasteiger partial charge in [0.15, 0.2) is 0 Å². The second-order valence-electron chi connectivity index (χ2n) is 7.67. The Morgan fingerprint density at radius 2 is 1.84 bits per heavy atom. The second-order valence-corrected chi connectivity index (χ2v) is 7.67. The first-order chi connectivity index (χ1) is 11.9. The summed E-state index contributed by atoms with van der Waals surface area (Å²) in [7, 11) is 0. The number of hydrogen-bond donors (Lipinski definition) is 1. The Hall–Kier alpha value is -2.36. The first-order valence-electron chi connectivity index (χ1n) is 8.88. The average Bonchev–Trinajstić information content (AvgIpc) is 2.57. The Morgan fingerprint density at radius 1 is 1.20 bits per heavy atom. The number of carboxylic acid groups (broad SMARTS) is 1. The molecule has 2 aromatic rings. The van der Waals surface area contributed by atoms with Crippen molar-refractivity contribution in [1.82, 2.24) is 4.98 Å². The molecular weight excluding hydrogens is 312 g/mol. The molecule has 1 saturated heterocycles. The highest BCUT2D eigenvalue weighted by Crippen LogP contribution is 2.39. The van der Waals surface area contributed by atoms with Crippen molar-refractivity contribution in [3.63, 3.8) is 0 Å². The molecule has 0 spiro atoms. The van der Waals surface area contributed by atoms with Crippen molar-refractivity contribution in [3.05, 3.63) is 47.8 Å². The molecule has 3 rings (SSSR count). The van der Waals surface area contributed by atoms with Gasteiger partial charge in [0, 0.05) is 36.1 Å². The molecule has 0 saturated carbocycles. The van der Waals surface area contributed by atoms with Crippen LogP contribution in [0.3, 0.4) is 0 Å². The van der Waals surface area contributed by atoms with Crippen LogP contribution >= 0.6 is 0 Å². The van der Waals surface area contributed by atoms with Crippen LogP contribution < -0.4 is 4.90 Å². The van der Waals surface area contributed by atoms with E-state index in [9.17, 15) is 9.90 Å². The molecule has 25 heavy (non-hydrogen) atoms. The van der Waals surface area contributed by atoms with E-state index >= 15 is 0 Å². The molecule has 1 aromatic carbocycles. The maximum atomic E-state index is 11.5. The molecule has 4 heteroatoms. The van der Waals surface area contributed by atoms with Gasteiger partial charge in [-0.15, -0.1) is 0 Å². The number of aryl methyl sites for hydroxylation is 1. The van der Waals surface area contributed by atoms with Gasteiger partial charge >= 0.3 is 5.97 Å². The number of carbonyl (C=O) groups is 1. The minimum absolute atomic E-state index is 0.00866. The van der Waals surface area contributed by atoms with Gasteiger partial charge in [0.05, 0.1) is 12.1 Å². The fourth-order valence-corrected chi connectivity index (χ4v) is 3.52. The molecule has 132 valence electrons. The molecule has 2 heterocycles. The quantitative estimate of drug-likeness (QED) is 0.902. The highest BCUT2D eigenvalue weighted by atomic mass is 16.4. The largest absolute Gasteiger partial charge is 0.481 e. The number of pyridine rings is 1. The third-order valence-electron chi connectivity index (χ3n) is 5.21. The minimum Gasteiger partial charge on any atom is -0.481 e. The van der Waals surface area contributed by atoms with Crippen molar-refractivity contribution in [1.29, 1.82) is 0 Å². The highest BCUT2D eigenvalue weighted by molar-refractivity contribution is 5.84. The van der Waals surface area contributed by atoms with E-state index in [0.717, 1.165) is 54.0 Å². The van der Waals surface area contributed by atoms with Crippen LogP contribution in [0.5, 0.6) is 0 Å². The molecule has 1 aliphatic rings. The normalized spacial score (nSPS) is 16.7. The molecule has 0 unspecified atom stereocenters. The van der Waals surface area contributed by atoms with Crippen molar-refractivity contribution in [3.8, 4) is 11.1 Å². The predicted molar refractivity (Wildman–Crippen MR) is 101 cm³/mol. The second kappa shape index (κ2) is 6.87. The Bertz CT molecular complexity index is 759. The number of rotatable bonds is 4. The summed E-state index contributed by atoms with van der Waals surface area (Å²) >= 11 is 0. The number of aliphatic carboxylic acids is 1. The van der Waals surface area contributed by atoms with E-state index in [2.05, 4.69) is 35.9 Å². The van der Waals surface area contributed by atoms with Crippen LogP contribution in [0.1, 0.15) is 37.9 Å². The van der Waals surface area contributed by atoms with Crippen LogP contribution in [-0.2, 0) is 11.2 Å². The number of carboxylic acids is 1. The lowest BCUT2D eigenvalue weighted by molar-refractivity contribution is -0.136. The maximum Gasteiger partial charge on any atom is 0.307 e. The summed E-state index contributed by atoms with van der Waals surface area (Å²) in [6.45, 7) is 8.41. The molecule has 0 aliphatic carbocycles. The van der Waals surface area contributed by atoms with Gasteiger partial charge in [-0.1, -0.05) is 44.2 Å². The van der Waals surface area contributed by atoms with E-state index in [1.807, 2.05) is 31.3 Å². The zero-order valence-electron chi connectivity index (χ0n) is 15.2. The lowest BCUT2D eigenvalue weighted by Gasteiger charge is -2.40. The van der Waals surface area contributed by atoms with Crippen LogP contribution in [0.25, 0.3) is 11.1 Å². The van der Waals surface area contributed by atoms with Crippen LogP contribution in [0.4, 0.5) is 5.69 Å². The van der Waals surface area contributed by atoms with Gasteiger partial charge in [-0.25, -0.2) is 0 Å². The zero-order chi connectivity index (χ0) is 18.0. The Labute approximate surface area is 149 Å². The number of nitrogens with zero attached hydrogens (tertiary/aromatic N) is 2. The third-order valence-corrected chi connectivity index (χ3v) is 5.21. The van der Waals surface area contributed by atoms with Crippen molar-refractivity contribution < 1.29 is 9.90 Å². The molecule has 0 radical (unpaired) electrons. The molecule has 1 fully saturated rings. The number of piperidine rings is 1. The maximum absolute atomic E-state index is 11.5. The first-order valence-corrected chi connectivity index (χ1v) is 8.88. The van der Waals surface area contributed by atoms with Crippen LogP contribution in [0.15, 0.2) is 36.5 Å². The fraction of sp³-hybridized carbons (Fsp3) is 0.429. The van der Waals surface area contributed by atoms with Gasteiger partial charge in [0.1, 0.15) is 0 Å². The van der Waals surface area contributed by atoms with Gasteiger partial charge in [0.25, 0.3) is 0 Å². The van der Waals surface area contributed by atoms with Gasteiger partial charge in [-0.05, 0) is 30.7 Å². The monoisotopic (exact) mass is 338 g/mol. The summed E-state index contributed by atoms with van der Waals surface area (Å²) < 4.78 is 0. The van der Waals surface area contributed by atoms with E-state index in [1.54, 1.807) is 0 Å². The van der Waals surface area contributed by atoms with Gasteiger partial charge in [-0.2, -0.15) is 0 Å². The summed E-state index contributed by atoms with van der Waals surface area (Å²) in [6.07, 6.45) is 4.12. The number of benzene rings is 1. The summed E-state index contributed by atoms with van der Waals surface area (Å²) in [5.41, 5.74) is 5.16. The van der Waals surface area contributed by atoms with E-state index in [-0.39, 0.29) is 6.42 Å². The SMILES string of the molecule is Cc1ncc(-c2ccccc2)c(N2CCC(C)(C)CC2)c1CC(=O)O. The molecule has 1 aliphatic heterocycles. The minimum atomic E-state index is -0.811. The Morgan fingerprint density at radius 3 is 2.44 bits per heavy atom. The molecule has 1 aromatic heterocycles. The van der Waals surface area contributed by atoms with Crippen molar-refractivity contribution in [2.45, 2.75) is 40.0 Å². The molecule has 0 amide bonds. The molecule has 0 bridgehead atoms. The summed E-state index contributed by atoms with van der Waals surface area (Å²) in [5.74, 6) is -0.811. The van der Waals surface area contributed by atoms with E-state index in [0.29, 0.717) is 5.41 Å². The Kier molecular flexibility index (Phi) is 4.80. The van der Waals surface area contributed by atoms with Crippen molar-refractivity contribution in [2.24, 2.45) is 5.41 Å². The topological polar surface area (TPSA) is 53.4 Å². The molecular formula is C21H26N2O2. The summed E-state index contributed by atoms with van der Waals surface area (Å²) in [5, 5.41) is 9.41. The Balaban J connectivity index is 2.11. The number of aromatic nitrogens is 1. The van der Waals surface area contributed by atoms with Crippen LogP contribution in [0.2, 0.25) is 0 Å². The number of hydrogen-bond acceptors (Lipinski definition) is 3. The third kappa shape index (κ3) is 3.84. The lowest BCUT2D eigenvalue weighted by atomic mass is 9.82. The zero-order valence-corrected chi connectivity index (χ0v) is 15.2. The molecule has 4 nitrogen and oxygen atoms in total. The van der Waals surface area contributed by atoms with Crippen LogP contribution in [-0.4, -0.2) is 29.1 Å². The smallest absolute Gasteiger partial charge is 0.307 e. The van der Waals surface area contributed by atoms with E-state index in [1.165, 1.54) is 0 Å².